The van der Waals surface area contributed by atoms with Gasteiger partial charge in [-0.3, -0.25) is 14.7 Å². The minimum Gasteiger partial charge on any atom is -0.444 e. The van der Waals surface area contributed by atoms with Crippen LogP contribution in [-0.2, 0) is 26.7 Å². The van der Waals surface area contributed by atoms with Gasteiger partial charge in [0.25, 0.3) is 0 Å². The van der Waals surface area contributed by atoms with Crippen molar-refractivity contribution < 1.29 is 49.9 Å². The summed E-state index contributed by atoms with van der Waals surface area (Å²) in [6.07, 6.45) is -4.47. The summed E-state index contributed by atoms with van der Waals surface area (Å²) in [6, 6.07) is 11.2. The molecule has 0 aliphatic heterocycles. The SMILES string of the molecule is CC(C)(C)OC(=O)NCC1CCC(C(=O)NC(Cc2ccc(Br)cc2)C(=O)Nc2ccc(-c3n[nH]c(C(F)(F)C(F)(F)C(F)(F)F)n3)cc2)CC1. The van der Waals surface area contributed by atoms with Gasteiger partial charge in [-0.15, -0.1) is 0 Å². The monoisotopic (exact) mass is 792 g/mol. The molecular formula is C33H36BrF7N6O4. The molecule has 51 heavy (non-hydrogen) atoms. The maximum atomic E-state index is 14.0. The van der Waals surface area contributed by atoms with Gasteiger partial charge in [0.1, 0.15) is 11.6 Å². The number of H-pyrrole nitrogens is 1. The van der Waals surface area contributed by atoms with Crippen LogP contribution >= 0.6 is 15.9 Å². The number of alkyl carbamates (subject to hydrolysis) is 1. The second-order valence-electron chi connectivity index (χ2n) is 13.2. The first-order valence-corrected chi connectivity index (χ1v) is 16.6. The molecule has 0 radical (unpaired) electrons. The van der Waals surface area contributed by atoms with Crippen molar-refractivity contribution in [3.63, 3.8) is 0 Å². The van der Waals surface area contributed by atoms with Crippen molar-refractivity contribution in [1.29, 1.82) is 0 Å². The van der Waals surface area contributed by atoms with Gasteiger partial charge in [-0.25, -0.2) is 9.78 Å². The van der Waals surface area contributed by atoms with Crippen LogP contribution in [-0.4, -0.2) is 63.4 Å². The summed E-state index contributed by atoms with van der Waals surface area (Å²) in [6.45, 7) is 5.72. The third-order valence-electron chi connectivity index (χ3n) is 8.08. The molecule has 1 aromatic heterocycles. The molecule has 1 aliphatic rings. The topological polar surface area (TPSA) is 138 Å². The molecule has 1 atom stereocenters. The van der Waals surface area contributed by atoms with Crippen molar-refractivity contribution in [3.8, 4) is 11.4 Å². The highest BCUT2D eigenvalue weighted by atomic mass is 79.9. The maximum absolute atomic E-state index is 14.0. The highest BCUT2D eigenvalue weighted by molar-refractivity contribution is 9.10. The third-order valence-corrected chi connectivity index (χ3v) is 8.61. The lowest BCUT2D eigenvalue weighted by Gasteiger charge is -2.29. The zero-order chi connectivity index (χ0) is 37.8. The largest absolute Gasteiger partial charge is 0.460 e. The van der Waals surface area contributed by atoms with Crippen LogP contribution in [0.5, 0.6) is 0 Å². The van der Waals surface area contributed by atoms with E-state index in [0.717, 1.165) is 10.0 Å². The number of alkyl halides is 7. The molecule has 1 fully saturated rings. The van der Waals surface area contributed by atoms with E-state index in [0.29, 0.717) is 32.2 Å². The molecule has 18 heteroatoms. The van der Waals surface area contributed by atoms with Crippen LogP contribution in [0.15, 0.2) is 53.0 Å². The number of ether oxygens (including phenoxy) is 1. The first-order chi connectivity index (χ1) is 23.7. The van der Waals surface area contributed by atoms with Crippen molar-refractivity contribution in [2.45, 2.75) is 82.5 Å². The minimum atomic E-state index is -6.54. The van der Waals surface area contributed by atoms with E-state index in [4.69, 9.17) is 4.74 Å². The predicted molar refractivity (Wildman–Crippen MR) is 175 cm³/mol. The van der Waals surface area contributed by atoms with Crippen molar-refractivity contribution in [3.05, 3.63) is 64.4 Å². The first-order valence-electron chi connectivity index (χ1n) is 15.8. The molecule has 1 heterocycles. The Balaban J connectivity index is 1.40. The Labute approximate surface area is 296 Å². The lowest BCUT2D eigenvalue weighted by Crippen LogP contribution is -2.50. The zero-order valence-corrected chi connectivity index (χ0v) is 29.2. The normalized spacial score (nSPS) is 17.7. The maximum Gasteiger partial charge on any atom is 0.460 e. The van der Waals surface area contributed by atoms with E-state index in [1.54, 1.807) is 45.0 Å². The highest BCUT2D eigenvalue weighted by Crippen LogP contribution is 2.51. The van der Waals surface area contributed by atoms with Crippen LogP contribution in [0.2, 0.25) is 0 Å². The Kier molecular flexibility index (Phi) is 12.1. The van der Waals surface area contributed by atoms with Crippen molar-refractivity contribution in [2.24, 2.45) is 11.8 Å². The van der Waals surface area contributed by atoms with Crippen LogP contribution < -0.4 is 16.0 Å². The molecule has 1 aliphatic carbocycles. The summed E-state index contributed by atoms with van der Waals surface area (Å²) < 4.78 is 98.8. The quantitative estimate of drug-likeness (QED) is 0.148. The molecule has 10 nitrogen and oxygen atoms in total. The molecule has 2 aromatic carbocycles. The van der Waals surface area contributed by atoms with E-state index in [2.05, 4.69) is 42.0 Å². The van der Waals surface area contributed by atoms with E-state index >= 15 is 0 Å². The van der Waals surface area contributed by atoms with Crippen molar-refractivity contribution in [2.75, 3.05) is 11.9 Å². The summed E-state index contributed by atoms with van der Waals surface area (Å²) in [7, 11) is 0. The average molecular weight is 794 g/mol. The Bertz CT molecular complexity index is 1670. The van der Waals surface area contributed by atoms with Crippen LogP contribution in [0.25, 0.3) is 11.4 Å². The number of carbonyl (C=O) groups is 3. The fourth-order valence-corrected chi connectivity index (χ4v) is 5.58. The molecule has 0 saturated heterocycles. The Morgan fingerprint density at radius 1 is 0.922 bits per heavy atom. The van der Waals surface area contributed by atoms with Gasteiger partial charge in [-0.2, -0.15) is 35.8 Å². The zero-order valence-electron chi connectivity index (χ0n) is 27.6. The van der Waals surface area contributed by atoms with Crippen LogP contribution in [0.3, 0.4) is 0 Å². The van der Waals surface area contributed by atoms with E-state index in [-0.39, 0.29) is 35.4 Å². The number of nitrogens with zero attached hydrogens (tertiary/aromatic N) is 2. The van der Waals surface area contributed by atoms with E-state index in [1.165, 1.54) is 29.4 Å². The Morgan fingerprint density at radius 3 is 2.10 bits per heavy atom. The van der Waals surface area contributed by atoms with Crippen molar-refractivity contribution >= 4 is 39.5 Å². The number of rotatable bonds is 11. The number of benzene rings is 2. The number of aromatic nitrogens is 3. The Hall–Kier alpha value is -4.22. The first kappa shape index (κ1) is 39.6. The van der Waals surface area contributed by atoms with Crippen LogP contribution in [0.1, 0.15) is 57.8 Å². The lowest BCUT2D eigenvalue weighted by atomic mass is 9.81. The van der Waals surface area contributed by atoms with E-state index in [9.17, 15) is 45.1 Å². The van der Waals surface area contributed by atoms with Gasteiger partial charge in [0, 0.05) is 34.6 Å². The summed E-state index contributed by atoms with van der Waals surface area (Å²) >= 11 is 3.36. The van der Waals surface area contributed by atoms with Gasteiger partial charge >= 0.3 is 24.1 Å². The molecule has 0 spiro atoms. The van der Waals surface area contributed by atoms with E-state index < -0.39 is 53.3 Å². The summed E-state index contributed by atoms with van der Waals surface area (Å²) in [5.74, 6) is -15.8. The summed E-state index contributed by atoms with van der Waals surface area (Å²) in [5.41, 5.74) is 0.293. The fourth-order valence-electron chi connectivity index (χ4n) is 5.32. The third kappa shape index (κ3) is 10.2. The molecule has 0 bridgehead atoms. The number of amides is 3. The minimum absolute atomic E-state index is 0.0294. The number of halogens is 8. The smallest absolute Gasteiger partial charge is 0.444 e. The van der Waals surface area contributed by atoms with Crippen LogP contribution in [0, 0.1) is 11.8 Å². The van der Waals surface area contributed by atoms with Gasteiger partial charge in [0.05, 0.1) is 0 Å². The molecule has 278 valence electrons. The second-order valence-corrected chi connectivity index (χ2v) is 14.1. The van der Waals surface area contributed by atoms with Gasteiger partial charge in [0.15, 0.2) is 5.82 Å². The number of hydrogen-bond acceptors (Lipinski definition) is 6. The van der Waals surface area contributed by atoms with Gasteiger partial charge in [-0.1, -0.05) is 28.1 Å². The Morgan fingerprint density at radius 2 is 1.53 bits per heavy atom. The molecule has 4 rings (SSSR count). The molecule has 1 unspecified atom stereocenters. The predicted octanol–water partition coefficient (Wildman–Crippen LogP) is 7.52. The number of aromatic amines is 1. The lowest BCUT2D eigenvalue weighted by molar-refractivity contribution is -0.361. The van der Waals surface area contributed by atoms with Gasteiger partial charge in [-0.05, 0) is 94.3 Å². The number of carbonyl (C=O) groups excluding carboxylic acids is 3. The standard InChI is InChI=1S/C33H36BrF7N6O4/c1-30(2,3)51-29(50)42-17-19-4-8-21(9-5-19)26(48)44-24(16-18-6-12-22(34)13-7-18)27(49)43-23-14-10-20(11-15-23)25-45-28(47-46-25)31(35,36)32(37,38)33(39,40)41/h6-7,10-15,19,21,24H,4-5,8-9,16-17H2,1-3H3,(H,42,50)(H,43,49)(H,44,48)(H,45,46,47). The van der Waals surface area contributed by atoms with Crippen LogP contribution in [0.4, 0.5) is 41.2 Å². The van der Waals surface area contributed by atoms with Gasteiger partial charge in [0.2, 0.25) is 17.6 Å². The molecule has 1 saturated carbocycles. The molecule has 4 N–H and O–H groups in total. The fraction of sp³-hybridized carbons (Fsp3) is 0.485. The summed E-state index contributed by atoms with van der Waals surface area (Å²) in [4.78, 5) is 42.0. The van der Waals surface area contributed by atoms with Crippen molar-refractivity contribution in [1.82, 2.24) is 25.8 Å². The van der Waals surface area contributed by atoms with E-state index in [1.807, 2.05) is 0 Å². The number of nitrogens with one attached hydrogen (secondary N) is 4. The average Bonchev–Trinajstić information content (AvgIpc) is 3.55. The highest BCUT2D eigenvalue weighted by Gasteiger charge is 2.75. The molecule has 3 amide bonds. The number of hydrogen-bond donors (Lipinski definition) is 4. The molecular weight excluding hydrogens is 757 g/mol. The second kappa shape index (κ2) is 15.6. The summed E-state index contributed by atoms with van der Waals surface area (Å²) in [5, 5.41) is 13.1. The van der Waals surface area contributed by atoms with Gasteiger partial charge < -0.3 is 20.7 Å². The molecule has 3 aromatic rings. The number of anilines is 1.